The third kappa shape index (κ3) is 2.27. The normalized spacial score (nSPS) is 12.4. The van der Waals surface area contributed by atoms with Gasteiger partial charge in [-0.3, -0.25) is 14.2 Å². The SMILES string of the molecule is Cc1cc(=O)n(S(=O)(=O)c2cnn(C)c2C)c2nn(C(C)C)cc12. The van der Waals surface area contributed by atoms with Crippen LogP contribution in [0.4, 0.5) is 0 Å². The Kier molecular flexibility index (Phi) is 3.63. The van der Waals surface area contributed by atoms with Crippen LogP contribution in [0.25, 0.3) is 11.0 Å². The van der Waals surface area contributed by atoms with E-state index in [1.54, 1.807) is 31.8 Å². The van der Waals surface area contributed by atoms with Gasteiger partial charge in [0.15, 0.2) is 5.65 Å². The molecule has 0 aliphatic rings. The summed E-state index contributed by atoms with van der Waals surface area (Å²) in [5.41, 5.74) is 0.657. The average molecular weight is 349 g/mol. The summed E-state index contributed by atoms with van der Waals surface area (Å²) >= 11 is 0. The fourth-order valence-electron chi connectivity index (χ4n) is 2.56. The van der Waals surface area contributed by atoms with Gasteiger partial charge in [0.2, 0.25) is 0 Å². The van der Waals surface area contributed by atoms with Crippen molar-refractivity contribution in [1.82, 2.24) is 23.5 Å². The van der Waals surface area contributed by atoms with Gasteiger partial charge in [0.05, 0.1) is 11.9 Å². The van der Waals surface area contributed by atoms with E-state index in [2.05, 4.69) is 10.2 Å². The quantitative estimate of drug-likeness (QED) is 0.712. The summed E-state index contributed by atoms with van der Waals surface area (Å²) in [6.45, 7) is 7.28. The second-order valence-electron chi connectivity index (χ2n) is 6.09. The van der Waals surface area contributed by atoms with E-state index < -0.39 is 15.6 Å². The molecule has 0 saturated heterocycles. The van der Waals surface area contributed by atoms with Crippen molar-refractivity contribution < 1.29 is 8.42 Å². The topological polar surface area (TPSA) is 91.8 Å². The van der Waals surface area contributed by atoms with E-state index >= 15 is 0 Å². The molecule has 0 fully saturated rings. The van der Waals surface area contributed by atoms with Crippen LogP contribution in [-0.2, 0) is 17.1 Å². The number of hydrogen-bond donors (Lipinski definition) is 0. The second kappa shape index (κ2) is 5.30. The monoisotopic (exact) mass is 349 g/mol. The van der Waals surface area contributed by atoms with Crippen molar-refractivity contribution in [3.05, 3.63) is 40.1 Å². The number of hydrogen-bond acceptors (Lipinski definition) is 5. The molecular weight excluding hydrogens is 330 g/mol. The molecule has 8 nitrogen and oxygen atoms in total. The Balaban J connectivity index is 2.41. The molecule has 128 valence electrons. The molecule has 3 rings (SSSR count). The average Bonchev–Trinajstić information content (AvgIpc) is 3.04. The molecule has 0 amide bonds. The first kappa shape index (κ1) is 16.4. The van der Waals surface area contributed by atoms with Gasteiger partial charge in [0, 0.05) is 30.7 Å². The number of nitrogens with zero attached hydrogens (tertiary/aromatic N) is 5. The van der Waals surface area contributed by atoms with Crippen molar-refractivity contribution >= 4 is 21.1 Å². The Morgan fingerprint density at radius 1 is 1.21 bits per heavy atom. The molecule has 0 bridgehead atoms. The summed E-state index contributed by atoms with van der Waals surface area (Å²) in [4.78, 5) is 12.5. The number of fused-ring (bicyclic) bond motifs is 1. The Morgan fingerprint density at radius 2 is 1.88 bits per heavy atom. The minimum atomic E-state index is -4.09. The van der Waals surface area contributed by atoms with E-state index in [1.807, 2.05) is 13.8 Å². The van der Waals surface area contributed by atoms with Crippen LogP contribution in [0.15, 0.2) is 28.2 Å². The summed E-state index contributed by atoms with van der Waals surface area (Å²) < 4.78 is 30.0. The van der Waals surface area contributed by atoms with Crippen LogP contribution in [0, 0.1) is 13.8 Å². The summed E-state index contributed by atoms with van der Waals surface area (Å²) in [6, 6.07) is 1.36. The van der Waals surface area contributed by atoms with E-state index in [0.717, 1.165) is 3.97 Å². The van der Waals surface area contributed by atoms with Crippen molar-refractivity contribution in [3.63, 3.8) is 0 Å². The predicted octanol–water partition coefficient (Wildman–Crippen LogP) is 1.37. The number of aromatic nitrogens is 5. The van der Waals surface area contributed by atoms with E-state index in [4.69, 9.17) is 0 Å². The summed E-state index contributed by atoms with van der Waals surface area (Å²) in [6.07, 6.45) is 3.01. The van der Waals surface area contributed by atoms with Gasteiger partial charge in [-0.05, 0) is 33.3 Å². The molecule has 0 aliphatic carbocycles. The minimum Gasteiger partial charge on any atom is -0.272 e. The first-order valence-corrected chi connectivity index (χ1v) is 8.94. The molecule has 0 spiro atoms. The first-order chi connectivity index (χ1) is 11.1. The van der Waals surface area contributed by atoms with E-state index in [0.29, 0.717) is 16.6 Å². The fourth-order valence-corrected chi connectivity index (χ4v) is 4.10. The molecule has 0 unspecified atom stereocenters. The lowest BCUT2D eigenvalue weighted by Crippen LogP contribution is -2.28. The third-order valence-corrected chi connectivity index (χ3v) is 5.90. The molecule has 24 heavy (non-hydrogen) atoms. The van der Waals surface area contributed by atoms with Gasteiger partial charge in [-0.15, -0.1) is 0 Å². The maximum absolute atomic E-state index is 13.1. The van der Waals surface area contributed by atoms with Crippen LogP contribution in [0.5, 0.6) is 0 Å². The van der Waals surface area contributed by atoms with Crippen molar-refractivity contribution in [1.29, 1.82) is 0 Å². The summed E-state index contributed by atoms with van der Waals surface area (Å²) in [5, 5.41) is 8.93. The zero-order valence-electron chi connectivity index (χ0n) is 14.2. The number of aryl methyl sites for hydroxylation is 2. The molecule has 3 heterocycles. The second-order valence-corrected chi connectivity index (χ2v) is 7.85. The molecule has 0 saturated carbocycles. The lowest BCUT2D eigenvalue weighted by molar-refractivity contribution is 0.535. The Morgan fingerprint density at radius 3 is 2.42 bits per heavy atom. The van der Waals surface area contributed by atoms with Crippen LogP contribution in [0.2, 0.25) is 0 Å². The highest BCUT2D eigenvalue weighted by atomic mass is 32.2. The predicted molar refractivity (Wildman–Crippen MR) is 89.6 cm³/mol. The number of pyridine rings is 1. The number of rotatable bonds is 3. The Bertz CT molecular complexity index is 1100. The largest absolute Gasteiger partial charge is 0.275 e. The van der Waals surface area contributed by atoms with Gasteiger partial charge < -0.3 is 0 Å². The molecular formula is C15H19N5O3S. The molecule has 0 N–H and O–H groups in total. The minimum absolute atomic E-state index is 0.00338. The molecule has 0 radical (unpaired) electrons. The van der Waals surface area contributed by atoms with Crippen molar-refractivity contribution in [2.75, 3.05) is 0 Å². The van der Waals surface area contributed by atoms with Crippen LogP contribution >= 0.6 is 0 Å². The maximum atomic E-state index is 13.1. The molecule has 3 aromatic heterocycles. The van der Waals surface area contributed by atoms with Crippen LogP contribution in [-0.4, -0.2) is 32.0 Å². The van der Waals surface area contributed by atoms with Crippen molar-refractivity contribution in [2.45, 2.75) is 38.6 Å². The molecule has 0 aliphatic heterocycles. The standard InChI is InChI=1S/C15H19N5O3S/c1-9(2)19-8-12-10(3)6-14(21)20(15(12)17-19)24(22,23)13-7-16-18(5)11(13)4/h6-9H,1-5H3. The maximum Gasteiger partial charge on any atom is 0.275 e. The Labute approximate surface area is 139 Å². The highest BCUT2D eigenvalue weighted by Gasteiger charge is 2.27. The van der Waals surface area contributed by atoms with E-state index in [1.165, 1.54) is 16.9 Å². The Hall–Kier alpha value is -2.42. The zero-order valence-corrected chi connectivity index (χ0v) is 15.0. The van der Waals surface area contributed by atoms with E-state index in [9.17, 15) is 13.2 Å². The lowest BCUT2D eigenvalue weighted by Gasteiger charge is -2.09. The molecule has 0 atom stereocenters. The summed E-state index contributed by atoms with van der Waals surface area (Å²) in [5.74, 6) is 0. The molecule has 0 aromatic carbocycles. The van der Waals surface area contributed by atoms with Crippen LogP contribution < -0.4 is 5.56 Å². The highest BCUT2D eigenvalue weighted by Crippen LogP contribution is 2.22. The first-order valence-electron chi connectivity index (χ1n) is 7.50. The van der Waals surface area contributed by atoms with E-state index in [-0.39, 0.29) is 16.6 Å². The van der Waals surface area contributed by atoms with Crippen LogP contribution in [0.3, 0.4) is 0 Å². The van der Waals surface area contributed by atoms with Gasteiger partial charge >= 0.3 is 0 Å². The van der Waals surface area contributed by atoms with Gasteiger partial charge in [-0.25, -0.2) is 8.42 Å². The molecule has 9 heteroatoms. The van der Waals surface area contributed by atoms with Crippen molar-refractivity contribution in [3.8, 4) is 0 Å². The van der Waals surface area contributed by atoms with Gasteiger partial charge in [0.1, 0.15) is 4.90 Å². The smallest absolute Gasteiger partial charge is 0.272 e. The van der Waals surface area contributed by atoms with Gasteiger partial charge in [-0.2, -0.15) is 14.2 Å². The van der Waals surface area contributed by atoms with Crippen LogP contribution in [0.1, 0.15) is 31.1 Å². The third-order valence-electron chi connectivity index (χ3n) is 4.11. The summed E-state index contributed by atoms with van der Waals surface area (Å²) in [7, 11) is -2.44. The highest BCUT2D eigenvalue weighted by molar-refractivity contribution is 7.90. The fraction of sp³-hybridized carbons (Fsp3) is 0.400. The van der Waals surface area contributed by atoms with Crippen molar-refractivity contribution in [2.24, 2.45) is 7.05 Å². The molecule has 3 aromatic rings. The van der Waals surface area contributed by atoms with Gasteiger partial charge in [-0.1, -0.05) is 0 Å². The lowest BCUT2D eigenvalue weighted by atomic mass is 10.2. The zero-order chi connectivity index (χ0) is 17.8. The van der Waals surface area contributed by atoms with Gasteiger partial charge in [0.25, 0.3) is 15.6 Å².